The number of ether oxygens (including phenoxy) is 1. The first kappa shape index (κ1) is 4.77. The molecule has 0 aromatic rings. The van der Waals surface area contributed by atoms with E-state index in [1.165, 1.54) is 19.3 Å². The molecule has 0 aliphatic carbocycles. The standard InChI is InChI=1S/C6H11NO/c1-2-6-7-5(1)3-4-8-6/h5-7H,1-4H2. The monoisotopic (exact) mass is 113 g/mol. The quantitative estimate of drug-likeness (QED) is 0.493. The largest absolute Gasteiger partial charge is 0.363 e. The van der Waals surface area contributed by atoms with Crippen LogP contribution in [0, 0.1) is 0 Å². The van der Waals surface area contributed by atoms with Gasteiger partial charge in [-0.3, -0.25) is 5.32 Å². The Morgan fingerprint density at radius 3 is 3.00 bits per heavy atom. The van der Waals surface area contributed by atoms with E-state index in [1.54, 1.807) is 0 Å². The molecule has 2 bridgehead atoms. The lowest BCUT2D eigenvalue weighted by Crippen LogP contribution is -2.37. The SMILES string of the molecule is C1CC2CCC(N2)O1. The molecular formula is C6H11NO. The van der Waals surface area contributed by atoms with Gasteiger partial charge in [-0.2, -0.15) is 0 Å². The van der Waals surface area contributed by atoms with Crippen molar-refractivity contribution >= 4 is 0 Å². The average molecular weight is 113 g/mol. The van der Waals surface area contributed by atoms with Crippen molar-refractivity contribution in [2.45, 2.75) is 31.5 Å². The predicted octanol–water partition coefficient (Wildman–Crippen LogP) is 0.485. The molecule has 2 fully saturated rings. The van der Waals surface area contributed by atoms with Gasteiger partial charge < -0.3 is 4.74 Å². The first-order chi connectivity index (χ1) is 3.95. The summed E-state index contributed by atoms with van der Waals surface area (Å²) in [5.74, 6) is 0. The number of rotatable bonds is 0. The third kappa shape index (κ3) is 0.644. The van der Waals surface area contributed by atoms with Crippen molar-refractivity contribution < 1.29 is 4.74 Å². The van der Waals surface area contributed by atoms with Gasteiger partial charge in [0.25, 0.3) is 0 Å². The summed E-state index contributed by atoms with van der Waals surface area (Å²) < 4.78 is 5.36. The highest BCUT2D eigenvalue weighted by atomic mass is 16.5. The van der Waals surface area contributed by atoms with Crippen LogP contribution in [0.15, 0.2) is 0 Å². The van der Waals surface area contributed by atoms with Crippen LogP contribution in [0.3, 0.4) is 0 Å². The molecule has 0 saturated carbocycles. The second-order valence-electron chi connectivity index (χ2n) is 2.59. The molecule has 2 nitrogen and oxygen atoms in total. The number of hydrogen-bond donors (Lipinski definition) is 1. The minimum absolute atomic E-state index is 0.411. The van der Waals surface area contributed by atoms with Crippen molar-refractivity contribution in [3.8, 4) is 0 Å². The second kappa shape index (κ2) is 1.71. The first-order valence-electron chi connectivity index (χ1n) is 3.33. The van der Waals surface area contributed by atoms with E-state index in [1.807, 2.05) is 0 Å². The highest BCUT2D eigenvalue weighted by Crippen LogP contribution is 2.20. The van der Waals surface area contributed by atoms with Crippen LogP contribution in [0.4, 0.5) is 0 Å². The molecule has 2 unspecified atom stereocenters. The van der Waals surface area contributed by atoms with Crippen LogP contribution >= 0.6 is 0 Å². The maximum absolute atomic E-state index is 5.36. The molecule has 46 valence electrons. The summed E-state index contributed by atoms with van der Waals surface area (Å²) in [6.07, 6.45) is 4.18. The van der Waals surface area contributed by atoms with E-state index in [0.717, 1.165) is 12.6 Å². The molecule has 0 aromatic heterocycles. The highest BCUT2D eigenvalue weighted by molar-refractivity contribution is 4.81. The van der Waals surface area contributed by atoms with Gasteiger partial charge in [0, 0.05) is 6.04 Å². The van der Waals surface area contributed by atoms with Crippen molar-refractivity contribution in [3.05, 3.63) is 0 Å². The van der Waals surface area contributed by atoms with E-state index in [0.29, 0.717) is 6.23 Å². The van der Waals surface area contributed by atoms with Gasteiger partial charge in [-0.15, -0.1) is 0 Å². The maximum atomic E-state index is 5.36. The van der Waals surface area contributed by atoms with Crippen LogP contribution in [0.25, 0.3) is 0 Å². The molecule has 2 saturated heterocycles. The van der Waals surface area contributed by atoms with Crippen molar-refractivity contribution in [2.75, 3.05) is 6.61 Å². The minimum Gasteiger partial charge on any atom is -0.363 e. The fraction of sp³-hybridized carbons (Fsp3) is 1.00. The molecule has 0 aromatic carbocycles. The van der Waals surface area contributed by atoms with Crippen molar-refractivity contribution in [3.63, 3.8) is 0 Å². The normalized spacial score (nSPS) is 45.0. The summed E-state index contributed by atoms with van der Waals surface area (Å²) in [5, 5.41) is 3.37. The summed E-state index contributed by atoms with van der Waals surface area (Å²) in [5.41, 5.74) is 0. The van der Waals surface area contributed by atoms with Crippen LogP contribution in [0.1, 0.15) is 19.3 Å². The summed E-state index contributed by atoms with van der Waals surface area (Å²) in [7, 11) is 0. The predicted molar refractivity (Wildman–Crippen MR) is 30.5 cm³/mol. The zero-order chi connectivity index (χ0) is 5.40. The Morgan fingerprint density at radius 2 is 2.25 bits per heavy atom. The Labute approximate surface area is 49.2 Å². The number of nitrogens with one attached hydrogen (secondary N) is 1. The molecule has 2 aliphatic heterocycles. The first-order valence-corrected chi connectivity index (χ1v) is 3.33. The highest BCUT2D eigenvalue weighted by Gasteiger charge is 2.27. The van der Waals surface area contributed by atoms with Gasteiger partial charge in [-0.1, -0.05) is 0 Å². The van der Waals surface area contributed by atoms with E-state index in [9.17, 15) is 0 Å². The molecule has 2 heterocycles. The van der Waals surface area contributed by atoms with Crippen LogP contribution in [-0.4, -0.2) is 18.9 Å². The van der Waals surface area contributed by atoms with Crippen LogP contribution in [0.2, 0.25) is 0 Å². The lowest BCUT2D eigenvalue weighted by molar-refractivity contribution is 0.0131. The number of hydrogen-bond acceptors (Lipinski definition) is 2. The van der Waals surface area contributed by atoms with E-state index in [-0.39, 0.29) is 0 Å². The van der Waals surface area contributed by atoms with Crippen LogP contribution in [0.5, 0.6) is 0 Å². The fourth-order valence-electron chi connectivity index (χ4n) is 1.49. The number of fused-ring (bicyclic) bond motifs is 2. The lowest BCUT2D eigenvalue weighted by Gasteiger charge is -2.20. The molecule has 2 aliphatic rings. The molecule has 2 rings (SSSR count). The summed E-state index contributed by atoms with van der Waals surface area (Å²) in [6.45, 7) is 0.975. The van der Waals surface area contributed by atoms with Gasteiger partial charge in [0.2, 0.25) is 0 Å². The molecular weight excluding hydrogens is 102 g/mol. The third-order valence-electron chi connectivity index (χ3n) is 1.98. The Morgan fingerprint density at radius 1 is 1.25 bits per heavy atom. The van der Waals surface area contributed by atoms with E-state index >= 15 is 0 Å². The zero-order valence-electron chi connectivity index (χ0n) is 4.89. The summed E-state index contributed by atoms with van der Waals surface area (Å²) >= 11 is 0. The summed E-state index contributed by atoms with van der Waals surface area (Å²) in [6, 6.07) is 0.786. The van der Waals surface area contributed by atoms with Gasteiger partial charge in [0.05, 0.1) is 6.61 Å². The molecule has 8 heavy (non-hydrogen) atoms. The van der Waals surface area contributed by atoms with Gasteiger partial charge in [0.1, 0.15) is 6.23 Å². The van der Waals surface area contributed by atoms with Gasteiger partial charge in [0.15, 0.2) is 0 Å². The Kier molecular flexibility index (Phi) is 1.02. The Bertz CT molecular complexity index is 80.5. The lowest BCUT2D eigenvalue weighted by atomic mass is 10.2. The van der Waals surface area contributed by atoms with E-state index < -0.39 is 0 Å². The average Bonchev–Trinajstić information content (AvgIpc) is 2.12. The Balaban J connectivity index is 2.03. The smallest absolute Gasteiger partial charge is 0.108 e. The van der Waals surface area contributed by atoms with E-state index in [4.69, 9.17) is 4.74 Å². The molecule has 0 amide bonds. The van der Waals surface area contributed by atoms with Crippen molar-refractivity contribution in [1.82, 2.24) is 5.32 Å². The van der Waals surface area contributed by atoms with Crippen molar-refractivity contribution in [1.29, 1.82) is 0 Å². The molecule has 2 heteroatoms. The summed E-state index contributed by atoms with van der Waals surface area (Å²) in [4.78, 5) is 0. The van der Waals surface area contributed by atoms with Gasteiger partial charge in [-0.05, 0) is 19.3 Å². The topological polar surface area (TPSA) is 21.3 Å². The maximum Gasteiger partial charge on any atom is 0.108 e. The third-order valence-corrected chi connectivity index (χ3v) is 1.98. The Hall–Kier alpha value is -0.0800. The zero-order valence-corrected chi connectivity index (χ0v) is 4.89. The van der Waals surface area contributed by atoms with Gasteiger partial charge >= 0.3 is 0 Å². The second-order valence-corrected chi connectivity index (χ2v) is 2.59. The molecule has 2 atom stereocenters. The molecule has 0 spiro atoms. The van der Waals surface area contributed by atoms with Gasteiger partial charge in [-0.25, -0.2) is 0 Å². The van der Waals surface area contributed by atoms with Crippen LogP contribution < -0.4 is 5.32 Å². The van der Waals surface area contributed by atoms with E-state index in [2.05, 4.69) is 5.32 Å². The van der Waals surface area contributed by atoms with Crippen LogP contribution in [-0.2, 0) is 4.74 Å². The molecule has 1 N–H and O–H groups in total. The minimum atomic E-state index is 0.411. The molecule has 0 radical (unpaired) electrons. The fourth-order valence-corrected chi connectivity index (χ4v) is 1.49. The van der Waals surface area contributed by atoms with Crippen molar-refractivity contribution in [2.24, 2.45) is 0 Å².